The van der Waals surface area contributed by atoms with Crippen LogP contribution in [0.1, 0.15) is 48.5 Å². The standard InChI is InChI=1S/C30H38O10Si/c1-19(31)36-26-25(40-29(39-22(4)34)28(38-21(3)33)27(26)37-20(2)32)18-35-41(30(5,6)7,23-14-10-8-11-15-23)24-16-12-9-13-17-24/h8-17,25-29H,18H2,1-7H3. The van der Waals surface area contributed by atoms with Gasteiger partial charge in [-0.1, -0.05) is 81.4 Å². The van der Waals surface area contributed by atoms with Crippen LogP contribution >= 0.6 is 0 Å². The van der Waals surface area contributed by atoms with Gasteiger partial charge in [0.1, 0.15) is 6.10 Å². The maximum absolute atomic E-state index is 12.2. The summed E-state index contributed by atoms with van der Waals surface area (Å²) in [5.74, 6) is -2.86. The van der Waals surface area contributed by atoms with Gasteiger partial charge in [0.15, 0.2) is 12.2 Å². The van der Waals surface area contributed by atoms with Crippen LogP contribution in [0.4, 0.5) is 0 Å². The summed E-state index contributed by atoms with van der Waals surface area (Å²) < 4.78 is 35.0. The van der Waals surface area contributed by atoms with Crippen LogP contribution in [0.5, 0.6) is 0 Å². The molecular weight excluding hydrogens is 548 g/mol. The van der Waals surface area contributed by atoms with Crippen LogP contribution in [0.15, 0.2) is 60.7 Å². The fourth-order valence-corrected chi connectivity index (χ4v) is 9.79. The van der Waals surface area contributed by atoms with E-state index in [1.54, 1.807) is 0 Å². The highest BCUT2D eigenvalue weighted by molar-refractivity contribution is 6.99. The third kappa shape index (κ3) is 7.60. The summed E-state index contributed by atoms with van der Waals surface area (Å²) in [6, 6.07) is 19.8. The maximum atomic E-state index is 12.2. The minimum absolute atomic E-state index is 0.131. The number of esters is 4. The first-order valence-corrected chi connectivity index (χ1v) is 15.3. The van der Waals surface area contributed by atoms with E-state index < -0.39 is 62.9 Å². The van der Waals surface area contributed by atoms with Crippen molar-refractivity contribution in [3.8, 4) is 0 Å². The molecule has 1 aliphatic heterocycles. The highest BCUT2D eigenvalue weighted by atomic mass is 28.4. The number of benzene rings is 2. The maximum Gasteiger partial charge on any atom is 0.305 e. The van der Waals surface area contributed by atoms with Gasteiger partial charge in [-0.3, -0.25) is 19.2 Å². The molecule has 2 aromatic carbocycles. The fourth-order valence-electron chi connectivity index (χ4n) is 5.22. The summed E-state index contributed by atoms with van der Waals surface area (Å²) in [6.45, 7) is 10.9. The van der Waals surface area contributed by atoms with E-state index in [1.165, 1.54) is 20.8 Å². The molecule has 0 bridgehead atoms. The molecule has 0 N–H and O–H groups in total. The molecule has 0 radical (unpaired) electrons. The molecule has 1 aliphatic rings. The lowest BCUT2D eigenvalue weighted by Gasteiger charge is -2.47. The molecule has 3 rings (SSSR count). The minimum Gasteiger partial charge on any atom is -0.456 e. The number of hydrogen-bond donors (Lipinski definition) is 0. The van der Waals surface area contributed by atoms with Crippen molar-refractivity contribution in [3.05, 3.63) is 60.7 Å². The van der Waals surface area contributed by atoms with Crippen LogP contribution in [0, 0.1) is 0 Å². The monoisotopic (exact) mass is 586 g/mol. The Labute approximate surface area is 241 Å². The van der Waals surface area contributed by atoms with Crippen LogP contribution < -0.4 is 10.4 Å². The van der Waals surface area contributed by atoms with Crippen LogP contribution in [0.25, 0.3) is 0 Å². The third-order valence-corrected chi connectivity index (χ3v) is 11.7. The SMILES string of the molecule is CC(=O)OC1OC(CO[Si](c2ccccc2)(c2ccccc2)C(C)(C)C)C(OC(C)=O)C(OC(C)=O)C1OC(C)=O. The zero-order valence-corrected chi connectivity index (χ0v) is 25.4. The Morgan fingerprint density at radius 3 is 1.49 bits per heavy atom. The average Bonchev–Trinajstić information content (AvgIpc) is 2.87. The van der Waals surface area contributed by atoms with Gasteiger partial charge < -0.3 is 28.1 Å². The smallest absolute Gasteiger partial charge is 0.305 e. The van der Waals surface area contributed by atoms with E-state index in [0.717, 1.165) is 17.3 Å². The van der Waals surface area contributed by atoms with Gasteiger partial charge in [-0.25, -0.2) is 0 Å². The summed E-state index contributed by atoms with van der Waals surface area (Å²) in [6.07, 6.45) is -6.51. The van der Waals surface area contributed by atoms with Gasteiger partial charge in [0.05, 0.1) is 6.61 Å². The molecule has 10 nitrogen and oxygen atoms in total. The Morgan fingerprint density at radius 1 is 0.659 bits per heavy atom. The van der Waals surface area contributed by atoms with Crippen molar-refractivity contribution in [2.75, 3.05) is 6.61 Å². The number of hydrogen-bond acceptors (Lipinski definition) is 10. The molecule has 5 unspecified atom stereocenters. The first kappa shape index (κ1) is 32.0. The van der Waals surface area contributed by atoms with Gasteiger partial charge in [-0.15, -0.1) is 0 Å². The van der Waals surface area contributed by atoms with E-state index in [-0.39, 0.29) is 11.6 Å². The molecule has 41 heavy (non-hydrogen) atoms. The van der Waals surface area contributed by atoms with Crippen LogP contribution in [0.2, 0.25) is 5.04 Å². The Hall–Kier alpha value is -3.54. The minimum atomic E-state index is -3.08. The zero-order chi connectivity index (χ0) is 30.4. The normalized spacial score (nSPS) is 22.8. The Morgan fingerprint density at radius 2 is 1.07 bits per heavy atom. The van der Waals surface area contributed by atoms with Gasteiger partial charge in [0, 0.05) is 27.7 Å². The van der Waals surface area contributed by atoms with Gasteiger partial charge in [-0.2, -0.15) is 0 Å². The molecule has 0 aromatic heterocycles. The number of carbonyl (C=O) groups excluding carboxylic acids is 4. The molecule has 0 saturated carbocycles. The highest BCUT2D eigenvalue weighted by Crippen LogP contribution is 2.38. The number of carbonyl (C=O) groups is 4. The topological polar surface area (TPSA) is 124 Å². The highest BCUT2D eigenvalue weighted by Gasteiger charge is 2.56. The van der Waals surface area contributed by atoms with Gasteiger partial charge >= 0.3 is 23.9 Å². The average molecular weight is 587 g/mol. The number of rotatable bonds is 9. The van der Waals surface area contributed by atoms with Crippen molar-refractivity contribution in [2.45, 2.75) is 84.2 Å². The number of ether oxygens (including phenoxy) is 5. The zero-order valence-electron chi connectivity index (χ0n) is 24.4. The summed E-state index contributed by atoms with van der Waals surface area (Å²) in [5, 5.41) is 1.63. The predicted octanol–water partition coefficient (Wildman–Crippen LogP) is 2.65. The van der Waals surface area contributed by atoms with Gasteiger partial charge in [0.2, 0.25) is 12.4 Å². The molecule has 222 valence electrons. The van der Waals surface area contributed by atoms with Crippen molar-refractivity contribution in [1.29, 1.82) is 0 Å². The summed E-state index contributed by atoms with van der Waals surface area (Å²) in [4.78, 5) is 48.4. The Balaban J connectivity index is 2.13. The quantitative estimate of drug-likeness (QED) is 0.246. The lowest BCUT2D eigenvalue weighted by Crippen LogP contribution is -2.69. The lowest BCUT2D eigenvalue weighted by atomic mass is 9.98. The lowest BCUT2D eigenvalue weighted by molar-refractivity contribution is -0.298. The predicted molar refractivity (Wildman–Crippen MR) is 151 cm³/mol. The van der Waals surface area contributed by atoms with E-state index in [9.17, 15) is 19.2 Å². The molecule has 0 spiro atoms. The molecule has 5 atom stereocenters. The summed E-state index contributed by atoms with van der Waals surface area (Å²) in [7, 11) is -3.08. The van der Waals surface area contributed by atoms with Crippen LogP contribution in [-0.4, -0.2) is 69.5 Å². The van der Waals surface area contributed by atoms with Gasteiger partial charge in [-0.05, 0) is 15.4 Å². The van der Waals surface area contributed by atoms with Crippen molar-refractivity contribution in [1.82, 2.24) is 0 Å². The van der Waals surface area contributed by atoms with Crippen LogP contribution in [0.3, 0.4) is 0 Å². The summed E-state index contributed by atoms with van der Waals surface area (Å²) >= 11 is 0. The molecule has 2 aromatic rings. The van der Waals surface area contributed by atoms with E-state index >= 15 is 0 Å². The molecule has 0 aliphatic carbocycles. The van der Waals surface area contributed by atoms with E-state index in [2.05, 4.69) is 20.8 Å². The van der Waals surface area contributed by atoms with Crippen LogP contribution in [-0.2, 0) is 47.3 Å². The van der Waals surface area contributed by atoms with Crippen molar-refractivity contribution in [3.63, 3.8) is 0 Å². The molecular formula is C30H38O10Si. The molecule has 0 amide bonds. The second-order valence-corrected chi connectivity index (χ2v) is 15.2. The molecule has 1 heterocycles. The second kappa shape index (κ2) is 13.4. The third-order valence-electron chi connectivity index (χ3n) is 6.66. The van der Waals surface area contributed by atoms with Crippen molar-refractivity contribution in [2.24, 2.45) is 0 Å². The first-order valence-electron chi connectivity index (χ1n) is 13.4. The van der Waals surface area contributed by atoms with Crippen molar-refractivity contribution < 1.29 is 47.3 Å². The fraction of sp³-hybridized carbons (Fsp3) is 0.467. The largest absolute Gasteiger partial charge is 0.456 e. The van der Waals surface area contributed by atoms with E-state index in [0.29, 0.717) is 0 Å². The Kier molecular flexibility index (Phi) is 10.5. The Bertz CT molecular complexity index is 1170. The van der Waals surface area contributed by atoms with E-state index in [4.69, 9.17) is 28.1 Å². The first-order chi connectivity index (χ1) is 19.3. The molecule has 1 saturated heterocycles. The molecule has 11 heteroatoms. The second-order valence-electron chi connectivity index (χ2n) is 10.8. The van der Waals surface area contributed by atoms with Gasteiger partial charge in [0.25, 0.3) is 8.32 Å². The van der Waals surface area contributed by atoms with Crippen molar-refractivity contribution >= 4 is 42.6 Å². The summed E-state index contributed by atoms with van der Waals surface area (Å²) in [5.41, 5.74) is 0. The molecule has 1 fully saturated rings. The van der Waals surface area contributed by atoms with E-state index in [1.807, 2.05) is 60.7 Å².